The first-order valence-corrected chi connectivity index (χ1v) is 17.0. The summed E-state index contributed by atoms with van der Waals surface area (Å²) in [5.74, 6) is 0.132. The predicted octanol–water partition coefficient (Wildman–Crippen LogP) is 7.23. The molecule has 1 saturated heterocycles. The summed E-state index contributed by atoms with van der Waals surface area (Å²) in [4.78, 5) is 36.3. The summed E-state index contributed by atoms with van der Waals surface area (Å²) in [5, 5.41) is 5.05. The molecule has 3 heterocycles. The maximum Gasteiger partial charge on any atom is 0.410 e. The number of nitrogens with zero attached hydrogens (tertiary/aromatic N) is 5. The van der Waals surface area contributed by atoms with Crippen LogP contribution in [0.5, 0.6) is 0 Å². The maximum atomic E-state index is 12.7. The molecule has 2 aliphatic heterocycles. The molecule has 1 fully saturated rings. The van der Waals surface area contributed by atoms with Crippen LogP contribution >= 0.6 is 11.6 Å². The summed E-state index contributed by atoms with van der Waals surface area (Å²) < 4.78 is 16.3. The van der Waals surface area contributed by atoms with Gasteiger partial charge in [0.15, 0.2) is 0 Å². The number of rotatable bonds is 8. The molecule has 4 aromatic rings. The number of ether oxygens (including phenoxy) is 2. The summed E-state index contributed by atoms with van der Waals surface area (Å²) in [7, 11) is 1.38. The average molecular weight is 684 g/mol. The molecule has 1 aromatic heterocycles. The Morgan fingerprint density at radius 1 is 0.918 bits per heavy atom. The van der Waals surface area contributed by atoms with E-state index in [1.165, 1.54) is 12.7 Å². The van der Waals surface area contributed by atoms with Crippen molar-refractivity contribution < 1.29 is 23.6 Å². The van der Waals surface area contributed by atoms with Gasteiger partial charge in [-0.05, 0) is 85.7 Å². The van der Waals surface area contributed by atoms with Crippen molar-refractivity contribution in [2.24, 2.45) is 0 Å². The summed E-state index contributed by atoms with van der Waals surface area (Å²) in [5.41, 5.74) is 5.73. The highest BCUT2D eigenvalue weighted by Gasteiger charge is 2.26. The molecular formula is C38H42ClN5O5. The van der Waals surface area contributed by atoms with Gasteiger partial charge in [0.25, 0.3) is 0 Å². The molecule has 49 heavy (non-hydrogen) atoms. The Labute approximate surface area is 292 Å². The van der Waals surface area contributed by atoms with Crippen LogP contribution in [0.15, 0.2) is 77.3 Å². The van der Waals surface area contributed by atoms with Crippen LogP contribution in [0.3, 0.4) is 0 Å². The van der Waals surface area contributed by atoms with Crippen LogP contribution in [-0.2, 0) is 15.9 Å². The number of hydrogen-bond donors (Lipinski definition) is 0. The van der Waals surface area contributed by atoms with Gasteiger partial charge in [-0.2, -0.15) is 4.98 Å². The Morgan fingerprint density at radius 3 is 2.33 bits per heavy atom. The molecular weight excluding hydrogens is 642 g/mol. The predicted molar refractivity (Wildman–Crippen MR) is 191 cm³/mol. The minimum absolute atomic E-state index is 0.345. The molecule has 1 amide bonds. The maximum absolute atomic E-state index is 12.7. The first-order chi connectivity index (χ1) is 23.6. The van der Waals surface area contributed by atoms with Crippen molar-refractivity contribution >= 4 is 35.3 Å². The molecule has 0 atom stereocenters. The zero-order valence-corrected chi connectivity index (χ0v) is 29.2. The topological polar surface area (TPSA) is 101 Å². The van der Waals surface area contributed by atoms with Crippen LogP contribution in [0.1, 0.15) is 48.7 Å². The second-order valence-electron chi connectivity index (χ2n) is 13.3. The number of benzene rings is 3. The molecule has 0 unspecified atom stereocenters. The van der Waals surface area contributed by atoms with Crippen LogP contribution in [-0.4, -0.2) is 90.5 Å². The number of amides is 1. The van der Waals surface area contributed by atoms with Gasteiger partial charge < -0.3 is 23.8 Å². The molecule has 0 N–H and O–H groups in total. The Bertz CT molecular complexity index is 1820. The van der Waals surface area contributed by atoms with Crippen molar-refractivity contribution in [1.82, 2.24) is 19.9 Å². The van der Waals surface area contributed by atoms with E-state index in [1.807, 2.05) is 81.4 Å². The smallest absolute Gasteiger partial charge is 0.410 e. The fraction of sp³-hybridized carbons (Fsp3) is 0.368. The highest BCUT2D eigenvalue weighted by atomic mass is 35.5. The zero-order valence-electron chi connectivity index (χ0n) is 28.4. The summed E-state index contributed by atoms with van der Waals surface area (Å²) in [6, 6.07) is 22.3. The summed E-state index contributed by atoms with van der Waals surface area (Å²) in [6.07, 6.45) is 3.19. The molecule has 0 bridgehead atoms. The number of carbonyl (C=O) groups is 2. The van der Waals surface area contributed by atoms with Gasteiger partial charge in [0.1, 0.15) is 5.60 Å². The number of methoxy groups -OCH3 is 1. The van der Waals surface area contributed by atoms with E-state index in [0.717, 1.165) is 72.0 Å². The van der Waals surface area contributed by atoms with Crippen LogP contribution in [0.4, 0.5) is 10.8 Å². The van der Waals surface area contributed by atoms with E-state index in [2.05, 4.69) is 21.0 Å². The molecule has 11 heteroatoms. The fourth-order valence-corrected chi connectivity index (χ4v) is 6.31. The molecule has 2 aliphatic rings. The Balaban J connectivity index is 1.11. The second kappa shape index (κ2) is 14.8. The number of esters is 1. The Hall–Kier alpha value is -4.67. The molecule has 0 saturated carbocycles. The van der Waals surface area contributed by atoms with E-state index >= 15 is 0 Å². The molecule has 256 valence electrons. The third kappa shape index (κ3) is 8.50. The lowest BCUT2D eigenvalue weighted by Gasteiger charge is -2.33. The van der Waals surface area contributed by atoms with Gasteiger partial charge in [-0.3, -0.25) is 4.90 Å². The lowest BCUT2D eigenvalue weighted by molar-refractivity contribution is 0.0270. The van der Waals surface area contributed by atoms with Crippen LogP contribution in [0.2, 0.25) is 5.02 Å². The van der Waals surface area contributed by atoms with Crippen molar-refractivity contribution in [3.8, 4) is 22.5 Å². The standard InChI is InChI=1S/C38H42ClN5O5/c1-38(2,3)48-37(46)44-18-15-28(16-19-44)33-25-30(12-13-32(33)35(45)47-4)27-8-10-29(11-9-27)34-40-36(49-41-34)43-22-20-42(21-23-43)17-14-26-6-5-7-31(39)24-26/h5-13,15,24-25H,14,16-23H2,1-4H3. The molecule has 10 nitrogen and oxygen atoms in total. The number of piperazine rings is 1. The van der Waals surface area contributed by atoms with Crippen molar-refractivity contribution in [2.45, 2.75) is 39.2 Å². The number of anilines is 1. The zero-order chi connectivity index (χ0) is 34.5. The van der Waals surface area contributed by atoms with Gasteiger partial charge in [0, 0.05) is 56.4 Å². The lowest BCUT2D eigenvalue weighted by atomic mass is 9.91. The third-order valence-corrected chi connectivity index (χ3v) is 9.01. The highest BCUT2D eigenvalue weighted by molar-refractivity contribution is 6.30. The van der Waals surface area contributed by atoms with Crippen molar-refractivity contribution in [3.63, 3.8) is 0 Å². The van der Waals surface area contributed by atoms with Crippen LogP contribution in [0, 0.1) is 0 Å². The molecule has 0 aliphatic carbocycles. The minimum atomic E-state index is -0.565. The van der Waals surface area contributed by atoms with E-state index in [4.69, 9.17) is 30.6 Å². The molecule has 3 aromatic carbocycles. The van der Waals surface area contributed by atoms with E-state index < -0.39 is 11.6 Å². The van der Waals surface area contributed by atoms with E-state index in [-0.39, 0.29) is 6.09 Å². The third-order valence-electron chi connectivity index (χ3n) is 8.77. The van der Waals surface area contributed by atoms with Crippen molar-refractivity contribution in [3.05, 3.63) is 94.5 Å². The van der Waals surface area contributed by atoms with E-state index in [9.17, 15) is 9.59 Å². The lowest BCUT2D eigenvalue weighted by Crippen LogP contribution is -2.47. The number of aromatic nitrogens is 2. The Morgan fingerprint density at radius 2 is 1.65 bits per heavy atom. The normalized spacial score (nSPS) is 15.6. The number of carbonyl (C=O) groups excluding carboxylic acids is 2. The summed E-state index contributed by atoms with van der Waals surface area (Å²) >= 11 is 6.14. The summed E-state index contributed by atoms with van der Waals surface area (Å²) in [6.45, 7) is 10.9. The van der Waals surface area contributed by atoms with Gasteiger partial charge in [-0.15, -0.1) is 0 Å². The van der Waals surface area contributed by atoms with E-state index in [0.29, 0.717) is 36.9 Å². The van der Waals surface area contributed by atoms with Crippen LogP contribution < -0.4 is 4.90 Å². The van der Waals surface area contributed by atoms with Crippen molar-refractivity contribution in [1.29, 1.82) is 0 Å². The Kier molecular flexibility index (Phi) is 10.4. The quantitative estimate of drug-likeness (QED) is 0.178. The van der Waals surface area contributed by atoms with E-state index in [1.54, 1.807) is 11.0 Å². The molecule has 6 rings (SSSR count). The number of hydrogen-bond acceptors (Lipinski definition) is 9. The van der Waals surface area contributed by atoms with Gasteiger partial charge in [-0.25, -0.2) is 9.59 Å². The number of halogens is 1. The average Bonchev–Trinajstić information content (AvgIpc) is 3.60. The first kappa shape index (κ1) is 34.2. The highest BCUT2D eigenvalue weighted by Crippen LogP contribution is 2.32. The first-order valence-electron chi connectivity index (χ1n) is 16.6. The van der Waals surface area contributed by atoms with Crippen LogP contribution in [0.25, 0.3) is 28.1 Å². The second-order valence-corrected chi connectivity index (χ2v) is 13.8. The van der Waals surface area contributed by atoms with Gasteiger partial charge >= 0.3 is 18.1 Å². The van der Waals surface area contributed by atoms with Crippen molar-refractivity contribution in [2.75, 3.05) is 57.8 Å². The largest absolute Gasteiger partial charge is 0.465 e. The molecule has 0 spiro atoms. The van der Waals surface area contributed by atoms with Gasteiger partial charge in [-0.1, -0.05) is 65.3 Å². The minimum Gasteiger partial charge on any atom is -0.465 e. The SMILES string of the molecule is COC(=O)c1ccc(-c2ccc(-c3noc(N4CCN(CCc5cccc(Cl)c5)CC4)n3)cc2)cc1C1=CCN(C(=O)OC(C)(C)C)CC1. The monoisotopic (exact) mass is 683 g/mol. The molecule has 0 radical (unpaired) electrons. The fourth-order valence-electron chi connectivity index (χ4n) is 6.10. The van der Waals surface area contributed by atoms with Gasteiger partial charge in [0.2, 0.25) is 5.82 Å². The van der Waals surface area contributed by atoms with Gasteiger partial charge in [0.05, 0.1) is 12.7 Å².